The molecule has 0 saturated carbocycles. The van der Waals surface area contributed by atoms with Gasteiger partial charge in [-0.2, -0.15) is 9.57 Å². The lowest BCUT2D eigenvalue weighted by molar-refractivity contribution is -0.131. The molecule has 0 bridgehead atoms. The Morgan fingerprint density at radius 2 is 1.79 bits per heavy atom. The Morgan fingerprint density at radius 3 is 2.45 bits per heavy atom. The number of fused-ring (bicyclic) bond motifs is 1. The third-order valence-corrected chi connectivity index (χ3v) is 6.34. The number of hydrogen-bond donors (Lipinski definition) is 0. The van der Waals surface area contributed by atoms with E-state index >= 15 is 0 Å². The molecule has 2 aromatic carbocycles. The summed E-state index contributed by atoms with van der Waals surface area (Å²) >= 11 is 0. The van der Waals surface area contributed by atoms with Gasteiger partial charge in [-0.3, -0.25) is 4.79 Å². The summed E-state index contributed by atoms with van der Waals surface area (Å²) in [7, 11) is -0.910. The smallest absolute Gasteiger partial charge is 0.243 e. The summed E-state index contributed by atoms with van der Waals surface area (Å²) in [6.45, 7) is 0.245. The summed E-state index contributed by atoms with van der Waals surface area (Å²) in [4.78, 5) is 14.0. The van der Waals surface area contributed by atoms with E-state index in [1.54, 1.807) is 13.1 Å². The molecule has 29 heavy (non-hydrogen) atoms. The molecule has 0 spiro atoms. The first kappa shape index (κ1) is 20.6. The van der Waals surface area contributed by atoms with Crippen molar-refractivity contribution in [2.45, 2.75) is 11.0 Å². The molecule has 1 atom stereocenters. The van der Waals surface area contributed by atoms with Crippen LogP contribution in [-0.4, -0.2) is 63.4 Å². The highest BCUT2D eigenvalue weighted by molar-refractivity contribution is 7.89. The van der Waals surface area contributed by atoms with Crippen molar-refractivity contribution in [2.75, 3.05) is 33.8 Å². The van der Waals surface area contributed by atoms with Gasteiger partial charge < -0.3 is 14.4 Å². The van der Waals surface area contributed by atoms with Gasteiger partial charge in [0.1, 0.15) is 6.61 Å². The molecule has 1 amide bonds. The van der Waals surface area contributed by atoms with Gasteiger partial charge in [0.2, 0.25) is 15.9 Å². The van der Waals surface area contributed by atoms with Gasteiger partial charge in [0.15, 0.2) is 17.6 Å². The van der Waals surface area contributed by atoms with Gasteiger partial charge in [-0.05, 0) is 36.4 Å². The molecule has 3 rings (SSSR count). The van der Waals surface area contributed by atoms with Crippen LogP contribution >= 0.6 is 0 Å². The second-order valence-electron chi connectivity index (χ2n) is 6.67. The Balaban J connectivity index is 1.59. The lowest BCUT2D eigenvalue weighted by atomic mass is 10.2. The predicted octanol–water partition coefficient (Wildman–Crippen LogP) is 1.48. The fourth-order valence-corrected chi connectivity index (χ4v) is 3.96. The highest BCUT2D eigenvalue weighted by Gasteiger charge is 2.27. The number of nitriles is 1. The van der Waals surface area contributed by atoms with Crippen LogP contribution in [0.15, 0.2) is 53.4 Å². The lowest BCUT2D eigenvalue weighted by Gasteiger charge is -2.30. The fourth-order valence-electron chi connectivity index (χ4n) is 2.84. The van der Waals surface area contributed by atoms with Crippen LogP contribution in [-0.2, 0) is 14.8 Å². The maximum absolute atomic E-state index is 12.6. The van der Waals surface area contributed by atoms with E-state index in [-0.39, 0.29) is 30.0 Å². The molecule has 2 aromatic rings. The van der Waals surface area contributed by atoms with Crippen molar-refractivity contribution in [1.29, 1.82) is 5.26 Å². The van der Waals surface area contributed by atoms with Crippen LogP contribution in [0.1, 0.15) is 5.56 Å². The van der Waals surface area contributed by atoms with E-state index < -0.39 is 10.0 Å². The van der Waals surface area contributed by atoms with Crippen LogP contribution in [0.3, 0.4) is 0 Å². The molecule has 0 aliphatic carbocycles. The molecule has 9 heteroatoms. The Morgan fingerprint density at radius 1 is 1.14 bits per heavy atom. The first-order chi connectivity index (χ1) is 13.8. The second kappa shape index (κ2) is 8.51. The average molecular weight is 415 g/mol. The van der Waals surface area contributed by atoms with Crippen molar-refractivity contribution in [3.63, 3.8) is 0 Å². The first-order valence-electron chi connectivity index (χ1n) is 8.90. The van der Waals surface area contributed by atoms with Crippen molar-refractivity contribution < 1.29 is 22.7 Å². The fraction of sp³-hybridized carbons (Fsp3) is 0.300. The van der Waals surface area contributed by atoms with E-state index in [1.165, 1.54) is 36.2 Å². The maximum atomic E-state index is 12.6. The van der Waals surface area contributed by atoms with Gasteiger partial charge in [0, 0.05) is 14.1 Å². The molecule has 0 aromatic heterocycles. The summed E-state index contributed by atoms with van der Waals surface area (Å²) in [6.07, 6.45) is -0.348. The van der Waals surface area contributed by atoms with Gasteiger partial charge in [-0.25, -0.2) is 8.42 Å². The van der Waals surface area contributed by atoms with Crippen LogP contribution in [0.5, 0.6) is 11.5 Å². The molecule has 152 valence electrons. The second-order valence-corrected chi connectivity index (χ2v) is 8.71. The number of nitrogens with zero attached hydrogens (tertiary/aromatic N) is 3. The maximum Gasteiger partial charge on any atom is 0.243 e. The van der Waals surface area contributed by atoms with E-state index in [2.05, 4.69) is 0 Å². The van der Waals surface area contributed by atoms with Crippen LogP contribution in [0.25, 0.3) is 0 Å². The normalized spacial score (nSPS) is 15.6. The molecule has 0 unspecified atom stereocenters. The molecule has 0 N–H and O–H groups in total. The van der Waals surface area contributed by atoms with Gasteiger partial charge in [0.05, 0.1) is 29.6 Å². The monoisotopic (exact) mass is 415 g/mol. The minimum absolute atomic E-state index is 0.0232. The standard InChI is InChI=1S/C20H21N3O5S/c1-22(12-16-14-27-18-5-3-4-6-19(18)28-16)20(24)13-23(2)29(25,26)17-9-7-15(11-21)8-10-17/h3-10,16H,12-14H2,1-2H3/t16-/m0/s1. The Hall–Kier alpha value is -3.09. The quantitative estimate of drug-likeness (QED) is 0.708. The number of benzene rings is 2. The predicted molar refractivity (Wildman–Crippen MR) is 105 cm³/mol. The van der Waals surface area contributed by atoms with Crippen molar-refractivity contribution in [3.8, 4) is 17.6 Å². The number of ether oxygens (including phenoxy) is 2. The number of para-hydroxylation sites is 2. The Bertz CT molecular complexity index is 1030. The molecule has 8 nitrogen and oxygen atoms in total. The van der Waals surface area contributed by atoms with Crippen LogP contribution in [0, 0.1) is 11.3 Å². The van der Waals surface area contributed by atoms with Crippen LogP contribution in [0.4, 0.5) is 0 Å². The minimum Gasteiger partial charge on any atom is -0.486 e. The molecule has 1 aliphatic rings. The zero-order valence-electron chi connectivity index (χ0n) is 16.1. The molecule has 0 saturated heterocycles. The highest BCUT2D eigenvalue weighted by Crippen LogP contribution is 2.31. The summed E-state index contributed by atoms with van der Waals surface area (Å²) in [5.74, 6) is 0.906. The number of carbonyl (C=O) groups is 1. The summed E-state index contributed by atoms with van der Waals surface area (Å²) < 4.78 is 37.8. The molecular formula is C20H21N3O5S. The lowest BCUT2D eigenvalue weighted by Crippen LogP contribution is -2.45. The third-order valence-electron chi connectivity index (χ3n) is 4.52. The van der Waals surface area contributed by atoms with Crippen molar-refractivity contribution in [3.05, 3.63) is 54.1 Å². The van der Waals surface area contributed by atoms with Crippen molar-refractivity contribution >= 4 is 15.9 Å². The Labute approximate surface area is 169 Å². The SMILES string of the molecule is CN(C[C@H]1COc2ccccc2O1)C(=O)CN(C)S(=O)(=O)c1ccc(C#N)cc1. The van der Waals surface area contributed by atoms with Gasteiger partial charge >= 0.3 is 0 Å². The van der Waals surface area contributed by atoms with Crippen molar-refractivity contribution in [2.24, 2.45) is 0 Å². The zero-order chi connectivity index (χ0) is 21.0. The number of rotatable bonds is 6. The average Bonchev–Trinajstić information content (AvgIpc) is 2.73. The third kappa shape index (κ3) is 4.67. The topological polar surface area (TPSA) is 99.9 Å². The molecule has 1 aliphatic heterocycles. The molecule has 0 fully saturated rings. The summed E-state index contributed by atoms with van der Waals surface area (Å²) in [6, 6.07) is 14.8. The number of sulfonamides is 1. The number of likely N-dealkylation sites (N-methyl/N-ethyl adjacent to an activating group) is 2. The summed E-state index contributed by atoms with van der Waals surface area (Å²) in [5.41, 5.74) is 0.360. The molecule has 0 radical (unpaired) electrons. The van der Waals surface area contributed by atoms with E-state index in [9.17, 15) is 13.2 Å². The van der Waals surface area contributed by atoms with E-state index in [0.29, 0.717) is 23.7 Å². The Kier molecular flexibility index (Phi) is 6.06. The molecular weight excluding hydrogens is 394 g/mol. The van der Waals surface area contributed by atoms with E-state index in [0.717, 1.165) is 4.31 Å². The number of hydrogen-bond acceptors (Lipinski definition) is 6. The highest BCUT2D eigenvalue weighted by atomic mass is 32.2. The van der Waals surface area contributed by atoms with Gasteiger partial charge in [-0.1, -0.05) is 12.1 Å². The van der Waals surface area contributed by atoms with Crippen LogP contribution in [0.2, 0.25) is 0 Å². The zero-order valence-corrected chi connectivity index (χ0v) is 16.9. The van der Waals surface area contributed by atoms with Gasteiger partial charge in [0.25, 0.3) is 0 Å². The van der Waals surface area contributed by atoms with E-state index in [1.807, 2.05) is 24.3 Å². The number of carbonyl (C=O) groups excluding carboxylic acids is 1. The number of amides is 1. The largest absolute Gasteiger partial charge is 0.486 e. The molecule has 1 heterocycles. The van der Waals surface area contributed by atoms with Crippen molar-refractivity contribution in [1.82, 2.24) is 9.21 Å². The minimum atomic E-state index is -3.85. The first-order valence-corrected chi connectivity index (χ1v) is 10.3. The van der Waals surface area contributed by atoms with E-state index in [4.69, 9.17) is 14.7 Å². The summed E-state index contributed by atoms with van der Waals surface area (Å²) in [5, 5.41) is 8.83. The van der Waals surface area contributed by atoms with Crippen LogP contribution < -0.4 is 9.47 Å². The van der Waals surface area contributed by atoms with Gasteiger partial charge in [-0.15, -0.1) is 0 Å².